The Hall–Kier alpha value is -0.660. The van der Waals surface area contributed by atoms with Crippen molar-refractivity contribution in [1.29, 1.82) is 0 Å². The molecule has 0 aromatic carbocycles. The average Bonchev–Trinajstić information content (AvgIpc) is 2.15. The summed E-state index contributed by atoms with van der Waals surface area (Å²) in [6.07, 6.45) is 4.40. The highest BCUT2D eigenvalue weighted by Gasteiger charge is 2.02. The molecule has 1 heterocycles. The molecule has 0 fully saturated rings. The van der Waals surface area contributed by atoms with E-state index in [1.165, 1.54) is 0 Å². The molecule has 90 valence electrons. The van der Waals surface area contributed by atoms with E-state index in [1.807, 2.05) is 0 Å². The quantitative estimate of drug-likeness (QED) is 0.803. The fourth-order valence-electron chi connectivity index (χ4n) is 1.07. The highest BCUT2D eigenvalue weighted by Crippen LogP contribution is 2.15. The molecule has 0 atom stereocenters. The van der Waals surface area contributed by atoms with Crippen LogP contribution in [0.3, 0.4) is 0 Å². The van der Waals surface area contributed by atoms with Crippen LogP contribution in [0.2, 0.25) is 0 Å². The number of aromatic nitrogens is 1. The third-order valence-corrected chi connectivity index (χ3v) is 3.06. The molecular formula is C9H13BrN2O3S. The Bertz CT molecular complexity index is 436. The molecule has 1 aromatic rings. The molecule has 0 saturated heterocycles. The molecule has 1 rings (SSSR count). The fraction of sp³-hybridized carbons (Fsp3) is 0.444. The topological polar surface area (TPSA) is 82.3 Å². The summed E-state index contributed by atoms with van der Waals surface area (Å²) in [7, 11) is -3.35. The van der Waals surface area contributed by atoms with E-state index in [9.17, 15) is 8.42 Å². The first-order valence-electron chi connectivity index (χ1n) is 4.71. The molecule has 0 radical (unpaired) electrons. The summed E-state index contributed by atoms with van der Waals surface area (Å²) in [5.41, 5.74) is 0. The summed E-state index contributed by atoms with van der Waals surface area (Å²) in [5.74, 6) is 0.651. The van der Waals surface area contributed by atoms with Crippen LogP contribution < -0.4 is 9.88 Å². The van der Waals surface area contributed by atoms with E-state index in [1.54, 1.807) is 18.5 Å². The number of rotatable bonds is 6. The van der Waals surface area contributed by atoms with Gasteiger partial charge in [-0.3, -0.25) is 4.98 Å². The summed E-state index contributed by atoms with van der Waals surface area (Å²) in [4.78, 5) is 3.93. The maximum absolute atomic E-state index is 10.6. The van der Waals surface area contributed by atoms with E-state index in [4.69, 9.17) is 9.88 Å². The van der Waals surface area contributed by atoms with Gasteiger partial charge in [0.15, 0.2) is 0 Å². The van der Waals surface area contributed by atoms with E-state index in [0.717, 1.165) is 4.47 Å². The van der Waals surface area contributed by atoms with Gasteiger partial charge in [0.2, 0.25) is 10.0 Å². The van der Waals surface area contributed by atoms with Gasteiger partial charge in [0, 0.05) is 10.7 Å². The van der Waals surface area contributed by atoms with Crippen molar-refractivity contribution in [3.05, 3.63) is 22.9 Å². The van der Waals surface area contributed by atoms with Crippen molar-refractivity contribution in [3.8, 4) is 5.75 Å². The Morgan fingerprint density at radius 1 is 1.38 bits per heavy atom. The number of hydrogen-bond donors (Lipinski definition) is 1. The Labute approximate surface area is 103 Å². The molecule has 2 N–H and O–H groups in total. The monoisotopic (exact) mass is 308 g/mol. The van der Waals surface area contributed by atoms with Crippen molar-refractivity contribution in [2.75, 3.05) is 12.4 Å². The molecule has 0 unspecified atom stereocenters. The second-order valence-electron chi connectivity index (χ2n) is 3.26. The van der Waals surface area contributed by atoms with Crippen LogP contribution in [0.25, 0.3) is 0 Å². The Kier molecular flexibility index (Phi) is 5.17. The first-order chi connectivity index (χ1) is 7.47. The lowest BCUT2D eigenvalue weighted by Gasteiger charge is -2.05. The van der Waals surface area contributed by atoms with Crippen molar-refractivity contribution in [2.24, 2.45) is 5.14 Å². The first-order valence-corrected chi connectivity index (χ1v) is 7.22. The minimum atomic E-state index is -3.35. The van der Waals surface area contributed by atoms with Crippen LogP contribution in [0.15, 0.2) is 22.9 Å². The second kappa shape index (κ2) is 6.17. The molecule has 7 heteroatoms. The Morgan fingerprint density at radius 3 is 2.75 bits per heavy atom. The first kappa shape index (κ1) is 13.4. The number of nitrogens with two attached hydrogens (primary N) is 1. The van der Waals surface area contributed by atoms with Gasteiger partial charge < -0.3 is 4.74 Å². The number of unbranched alkanes of at least 4 members (excludes halogenated alkanes) is 1. The number of primary sulfonamides is 1. The Balaban J connectivity index is 2.21. The number of hydrogen-bond acceptors (Lipinski definition) is 4. The molecular weight excluding hydrogens is 296 g/mol. The molecule has 0 spiro atoms. The molecule has 0 amide bonds. The highest BCUT2D eigenvalue weighted by atomic mass is 79.9. The van der Waals surface area contributed by atoms with Gasteiger partial charge in [-0.25, -0.2) is 13.6 Å². The summed E-state index contributed by atoms with van der Waals surface area (Å²) in [6.45, 7) is 0.452. The lowest BCUT2D eigenvalue weighted by Crippen LogP contribution is -2.16. The van der Waals surface area contributed by atoms with Gasteiger partial charge in [0.25, 0.3) is 0 Å². The van der Waals surface area contributed by atoms with Crippen LogP contribution in [-0.4, -0.2) is 25.8 Å². The molecule has 0 aliphatic heterocycles. The number of ether oxygens (including phenoxy) is 1. The van der Waals surface area contributed by atoms with E-state index >= 15 is 0 Å². The molecule has 0 aliphatic carbocycles. The van der Waals surface area contributed by atoms with Crippen LogP contribution in [0.5, 0.6) is 5.75 Å². The number of sulfonamides is 1. The van der Waals surface area contributed by atoms with E-state index < -0.39 is 10.0 Å². The largest absolute Gasteiger partial charge is 0.492 e. The maximum atomic E-state index is 10.6. The van der Waals surface area contributed by atoms with Gasteiger partial charge in [-0.05, 0) is 34.8 Å². The van der Waals surface area contributed by atoms with Crippen LogP contribution in [0.1, 0.15) is 12.8 Å². The minimum Gasteiger partial charge on any atom is -0.492 e. The average molecular weight is 309 g/mol. The SMILES string of the molecule is NS(=O)(=O)CCCCOc1cncc(Br)c1. The van der Waals surface area contributed by atoms with Gasteiger partial charge in [-0.15, -0.1) is 0 Å². The van der Waals surface area contributed by atoms with E-state index in [2.05, 4.69) is 20.9 Å². The number of halogens is 1. The van der Waals surface area contributed by atoms with Crippen molar-refractivity contribution in [1.82, 2.24) is 4.98 Å². The predicted octanol–water partition coefficient (Wildman–Crippen LogP) is 1.29. The smallest absolute Gasteiger partial charge is 0.209 e. The van der Waals surface area contributed by atoms with Crippen LogP contribution in [-0.2, 0) is 10.0 Å². The van der Waals surface area contributed by atoms with Crippen molar-refractivity contribution >= 4 is 26.0 Å². The molecule has 0 aliphatic rings. The van der Waals surface area contributed by atoms with Gasteiger partial charge in [-0.2, -0.15) is 0 Å². The van der Waals surface area contributed by atoms with Crippen molar-refractivity contribution in [2.45, 2.75) is 12.8 Å². The lowest BCUT2D eigenvalue weighted by atomic mass is 10.3. The van der Waals surface area contributed by atoms with Crippen LogP contribution in [0, 0.1) is 0 Å². The van der Waals surface area contributed by atoms with Gasteiger partial charge in [0.05, 0.1) is 18.6 Å². The molecule has 5 nitrogen and oxygen atoms in total. The molecule has 16 heavy (non-hydrogen) atoms. The normalized spacial score (nSPS) is 11.4. The van der Waals surface area contributed by atoms with Gasteiger partial charge >= 0.3 is 0 Å². The summed E-state index contributed by atoms with van der Waals surface area (Å²) >= 11 is 3.27. The third kappa shape index (κ3) is 6.04. The Morgan fingerprint density at radius 2 is 2.12 bits per heavy atom. The summed E-state index contributed by atoms with van der Waals surface area (Å²) in [5, 5.41) is 4.86. The fourth-order valence-corrected chi connectivity index (χ4v) is 2.02. The molecule has 0 saturated carbocycles. The van der Waals surface area contributed by atoms with Gasteiger partial charge in [-0.1, -0.05) is 0 Å². The summed E-state index contributed by atoms with van der Waals surface area (Å²) in [6, 6.07) is 1.80. The predicted molar refractivity (Wildman–Crippen MR) is 64.6 cm³/mol. The van der Waals surface area contributed by atoms with E-state index in [-0.39, 0.29) is 5.75 Å². The zero-order valence-corrected chi connectivity index (χ0v) is 11.0. The van der Waals surface area contributed by atoms with E-state index in [0.29, 0.717) is 25.2 Å². The van der Waals surface area contributed by atoms with Crippen molar-refractivity contribution < 1.29 is 13.2 Å². The number of pyridine rings is 1. The summed E-state index contributed by atoms with van der Waals surface area (Å²) < 4.78 is 27.5. The van der Waals surface area contributed by atoms with Crippen LogP contribution >= 0.6 is 15.9 Å². The highest BCUT2D eigenvalue weighted by molar-refractivity contribution is 9.10. The standard InChI is InChI=1S/C9H13BrN2O3S/c10-8-5-9(7-12-6-8)15-3-1-2-4-16(11,13)14/h5-7H,1-4H2,(H2,11,13,14). The minimum absolute atomic E-state index is 0.00685. The molecule has 0 bridgehead atoms. The number of nitrogens with zero attached hydrogens (tertiary/aromatic N) is 1. The maximum Gasteiger partial charge on any atom is 0.209 e. The van der Waals surface area contributed by atoms with Gasteiger partial charge in [0.1, 0.15) is 5.75 Å². The second-order valence-corrected chi connectivity index (χ2v) is 5.91. The zero-order valence-electron chi connectivity index (χ0n) is 8.60. The lowest BCUT2D eigenvalue weighted by molar-refractivity contribution is 0.308. The molecule has 1 aromatic heterocycles. The van der Waals surface area contributed by atoms with Crippen LogP contribution in [0.4, 0.5) is 0 Å². The van der Waals surface area contributed by atoms with Crippen molar-refractivity contribution in [3.63, 3.8) is 0 Å². The third-order valence-electron chi connectivity index (χ3n) is 1.77. The zero-order chi connectivity index (χ0) is 12.0.